The number of pyridine rings is 1. The van der Waals surface area contributed by atoms with Crippen LogP contribution in [-0.4, -0.2) is 53.9 Å². The molecule has 0 fully saturated rings. The van der Waals surface area contributed by atoms with E-state index in [1.54, 1.807) is 0 Å². The number of methoxy groups -OCH3 is 1. The lowest BCUT2D eigenvalue weighted by atomic mass is 9.93. The van der Waals surface area contributed by atoms with Crippen molar-refractivity contribution in [1.82, 2.24) is 10.3 Å². The van der Waals surface area contributed by atoms with Crippen molar-refractivity contribution >= 4 is 11.9 Å². The topological polar surface area (TPSA) is 107 Å². The highest BCUT2D eigenvalue weighted by atomic mass is 16.6. The lowest BCUT2D eigenvalue weighted by Gasteiger charge is -2.31. The first-order chi connectivity index (χ1) is 14.2. The number of carbonyl (C=O) groups excluding carboxylic acids is 2. The molecule has 1 rings (SSSR count). The van der Waals surface area contributed by atoms with Gasteiger partial charge in [-0.2, -0.15) is 0 Å². The molecule has 8 nitrogen and oxygen atoms in total. The van der Waals surface area contributed by atoms with Gasteiger partial charge in [0.1, 0.15) is 12.1 Å². The number of aromatic nitrogens is 1. The predicted molar refractivity (Wildman–Crippen MR) is 114 cm³/mol. The lowest BCUT2D eigenvalue weighted by molar-refractivity contribution is -0.162. The van der Waals surface area contributed by atoms with Gasteiger partial charge in [0.15, 0.2) is 17.2 Å². The van der Waals surface area contributed by atoms with E-state index in [4.69, 9.17) is 14.2 Å². The molecule has 0 saturated heterocycles. The maximum atomic E-state index is 12.6. The zero-order valence-electron chi connectivity index (χ0n) is 19.1. The molecule has 8 heteroatoms. The van der Waals surface area contributed by atoms with Gasteiger partial charge in [-0.1, -0.05) is 40.5 Å². The summed E-state index contributed by atoms with van der Waals surface area (Å²) in [5.74, 6) is -0.921. The first-order valence-electron chi connectivity index (χ1n) is 10.5. The van der Waals surface area contributed by atoms with E-state index in [0.717, 1.165) is 12.8 Å². The predicted octanol–water partition coefficient (Wildman–Crippen LogP) is 3.32. The molecule has 170 valence electrons. The number of nitrogens with zero attached hydrogens (tertiary/aromatic N) is 1. The second-order valence-corrected chi connectivity index (χ2v) is 7.82. The van der Waals surface area contributed by atoms with Crippen LogP contribution in [0.5, 0.6) is 11.5 Å². The Balaban J connectivity index is 2.80. The van der Waals surface area contributed by atoms with Crippen LogP contribution < -0.4 is 10.1 Å². The van der Waals surface area contributed by atoms with E-state index >= 15 is 0 Å². The van der Waals surface area contributed by atoms with Gasteiger partial charge in [-0.05, 0) is 25.7 Å². The first-order valence-corrected chi connectivity index (χ1v) is 10.5. The minimum absolute atomic E-state index is 0.120. The Bertz CT molecular complexity index is 690. The van der Waals surface area contributed by atoms with Gasteiger partial charge in [-0.15, -0.1) is 0 Å². The third-order valence-corrected chi connectivity index (χ3v) is 4.92. The van der Waals surface area contributed by atoms with Crippen molar-refractivity contribution in [2.24, 2.45) is 11.8 Å². The number of hydrogen-bond donors (Lipinski definition) is 2. The highest BCUT2D eigenvalue weighted by Gasteiger charge is 2.30. The fraction of sp³-hybridized carbons (Fsp3) is 0.682. The van der Waals surface area contributed by atoms with Gasteiger partial charge in [0, 0.05) is 18.9 Å². The maximum absolute atomic E-state index is 12.6. The van der Waals surface area contributed by atoms with E-state index in [2.05, 4.69) is 38.0 Å². The van der Waals surface area contributed by atoms with E-state index in [-0.39, 0.29) is 29.2 Å². The van der Waals surface area contributed by atoms with Crippen molar-refractivity contribution in [2.45, 2.75) is 72.6 Å². The number of hydrogen-bond acceptors (Lipinski definition) is 7. The van der Waals surface area contributed by atoms with Gasteiger partial charge < -0.3 is 24.6 Å². The summed E-state index contributed by atoms with van der Waals surface area (Å²) in [4.78, 5) is 28.9. The summed E-state index contributed by atoms with van der Waals surface area (Å²) in [6.07, 6.45) is 2.47. The number of esters is 1. The quantitative estimate of drug-likeness (QED) is 0.496. The molecule has 0 radical (unpaired) electrons. The van der Waals surface area contributed by atoms with Gasteiger partial charge in [0.05, 0.1) is 13.2 Å². The molecule has 0 aliphatic carbocycles. The van der Waals surface area contributed by atoms with Gasteiger partial charge in [0.25, 0.3) is 5.91 Å². The summed E-state index contributed by atoms with van der Waals surface area (Å²) >= 11 is 0. The second-order valence-electron chi connectivity index (χ2n) is 7.82. The molecule has 2 N–H and O–H groups in total. The van der Waals surface area contributed by atoms with E-state index in [1.807, 2.05) is 6.92 Å². The summed E-state index contributed by atoms with van der Waals surface area (Å²) in [7, 11) is 1.37. The Kier molecular flexibility index (Phi) is 10.6. The number of rotatable bonds is 12. The number of amides is 1. The fourth-order valence-electron chi connectivity index (χ4n) is 3.16. The molecule has 0 unspecified atom stereocenters. The van der Waals surface area contributed by atoms with Crippen molar-refractivity contribution < 1.29 is 28.9 Å². The molecule has 0 bridgehead atoms. The molecular weight excluding hydrogens is 388 g/mol. The van der Waals surface area contributed by atoms with E-state index < -0.39 is 24.0 Å². The molecule has 0 aliphatic rings. The summed E-state index contributed by atoms with van der Waals surface area (Å²) in [5.41, 5.74) is -0.225. The standard InChI is InChI=1S/C22H36N2O6/c1-8-16(9-2)20(29-12-13(3)4)15(6)30-22(27)14(5)24-21(26)18-19(25)17(28-7)10-11-23-18/h10-11,13-16,20,25H,8-9,12H2,1-7H3,(H,24,26)/t14-,15-,20-/m0/s1. The molecule has 1 amide bonds. The SMILES string of the molecule is CCC(CC)[C@@H](OCC(C)C)[C@H](C)OC(=O)[C@H](C)NC(=O)c1nccc(OC)c1O. The van der Waals surface area contributed by atoms with Crippen LogP contribution >= 0.6 is 0 Å². The van der Waals surface area contributed by atoms with Crippen LogP contribution in [0.25, 0.3) is 0 Å². The molecule has 0 spiro atoms. The van der Waals surface area contributed by atoms with Gasteiger partial charge in [-0.25, -0.2) is 9.78 Å². The summed E-state index contributed by atoms with van der Waals surface area (Å²) < 4.78 is 16.7. The Morgan fingerprint density at radius 2 is 1.80 bits per heavy atom. The largest absolute Gasteiger partial charge is 0.503 e. The van der Waals surface area contributed by atoms with E-state index in [1.165, 1.54) is 26.3 Å². The van der Waals surface area contributed by atoms with Crippen LogP contribution in [0.15, 0.2) is 12.3 Å². The van der Waals surface area contributed by atoms with Crippen LogP contribution in [-0.2, 0) is 14.3 Å². The second kappa shape index (κ2) is 12.4. The molecule has 30 heavy (non-hydrogen) atoms. The van der Waals surface area contributed by atoms with Crippen molar-refractivity contribution in [1.29, 1.82) is 0 Å². The Labute approximate surface area is 179 Å². The molecule has 0 saturated carbocycles. The summed E-state index contributed by atoms with van der Waals surface area (Å²) in [6, 6.07) is 0.500. The van der Waals surface area contributed by atoms with E-state index in [0.29, 0.717) is 12.5 Å². The van der Waals surface area contributed by atoms with Crippen LogP contribution in [0, 0.1) is 11.8 Å². The minimum atomic E-state index is -0.931. The molecule has 1 aromatic heterocycles. The van der Waals surface area contributed by atoms with Crippen LogP contribution in [0.1, 0.15) is 64.9 Å². The average molecular weight is 425 g/mol. The third kappa shape index (κ3) is 7.16. The Morgan fingerprint density at radius 3 is 2.33 bits per heavy atom. The molecule has 1 heterocycles. The molecule has 1 aromatic rings. The zero-order chi connectivity index (χ0) is 22.8. The third-order valence-electron chi connectivity index (χ3n) is 4.92. The fourth-order valence-corrected chi connectivity index (χ4v) is 3.16. The van der Waals surface area contributed by atoms with Crippen molar-refractivity contribution in [3.63, 3.8) is 0 Å². The number of carbonyl (C=O) groups is 2. The number of aromatic hydroxyl groups is 1. The Hall–Kier alpha value is -2.35. The van der Waals surface area contributed by atoms with Crippen molar-refractivity contribution in [3.8, 4) is 11.5 Å². The molecule has 3 atom stereocenters. The van der Waals surface area contributed by atoms with E-state index in [9.17, 15) is 14.7 Å². The number of nitrogens with one attached hydrogen (secondary N) is 1. The molecule has 0 aliphatic heterocycles. The normalized spacial score (nSPS) is 14.3. The first kappa shape index (κ1) is 25.7. The van der Waals surface area contributed by atoms with Crippen LogP contribution in [0.4, 0.5) is 0 Å². The van der Waals surface area contributed by atoms with Crippen LogP contribution in [0.2, 0.25) is 0 Å². The Morgan fingerprint density at radius 1 is 1.17 bits per heavy atom. The van der Waals surface area contributed by atoms with Crippen molar-refractivity contribution in [2.75, 3.05) is 13.7 Å². The van der Waals surface area contributed by atoms with Crippen molar-refractivity contribution in [3.05, 3.63) is 18.0 Å². The summed E-state index contributed by atoms with van der Waals surface area (Å²) in [5, 5.41) is 12.6. The highest BCUT2D eigenvalue weighted by molar-refractivity contribution is 5.97. The molecular formula is C22H36N2O6. The lowest BCUT2D eigenvalue weighted by Crippen LogP contribution is -2.44. The molecule has 0 aromatic carbocycles. The minimum Gasteiger partial charge on any atom is -0.503 e. The van der Waals surface area contributed by atoms with Gasteiger partial charge >= 0.3 is 5.97 Å². The summed E-state index contributed by atoms with van der Waals surface area (Å²) in [6.45, 7) is 12.2. The zero-order valence-corrected chi connectivity index (χ0v) is 19.1. The smallest absolute Gasteiger partial charge is 0.328 e. The highest BCUT2D eigenvalue weighted by Crippen LogP contribution is 2.27. The monoisotopic (exact) mass is 424 g/mol. The van der Waals surface area contributed by atoms with Gasteiger partial charge in [-0.3, -0.25) is 4.79 Å². The number of ether oxygens (including phenoxy) is 3. The van der Waals surface area contributed by atoms with Crippen LogP contribution in [0.3, 0.4) is 0 Å². The average Bonchev–Trinajstić information content (AvgIpc) is 2.70. The van der Waals surface area contributed by atoms with Gasteiger partial charge in [0.2, 0.25) is 0 Å². The maximum Gasteiger partial charge on any atom is 0.328 e.